The van der Waals surface area contributed by atoms with Gasteiger partial charge in [0.25, 0.3) is 0 Å². The van der Waals surface area contributed by atoms with E-state index in [1.165, 1.54) is 16.3 Å². The van der Waals surface area contributed by atoms with E-state index in [0.717, 1.165) is 25.2 Å². The Hall–Kier alpha value is -2.03. The van der Waals surface area contributed by atoms with Crippen LogP contribution in [0.2, 0.25) is 0 Å². The van der Waals surface area contributed by atoms with Crippen molar-refractivity contribution in [2.24, 2.45) is 0 Å². The van der Waals surface area contributed by atoms with Gasteiger partial charge in [0.05, 0.1) is 6.61 Å². The highest BCUT2D eigenvalue weighted by Gasteiger charge is 2.04. The van der Waals surface area contributed by atoms with E-state index in [1.807, 2.05) is 13.0 Å². The summed E-state index contributed by atoms with van der Waals surface area (Å²) in [6, 6.07) is 12.5. The van der Waals surface area contributed by atoms with Gasteiger partial charge in [-0.05, 0) is 41.3 Å². The Kier molecular flexibility index (Phi) is 5.61. The van der Waals surface area contributed by atoms with Gasteiger partial charge in [0.1, 0.15) is 5.75 Å². The van der Waals surface area contributed by atoms with Crippen LogP contribution in [-0.2, 0) is 11.2 Å². The van der Waals surface area contributed by atoms with Crippen LogP contribution in [0.4, 0.5) is 0 Å². The molecular weight excluding hydrogens is 262 g/mol. The number of fused-ring (bicyclic) bond motifs is 1. The Morgan fingerprint density at radius 3 is 2.81 bits per heavy atom. The minimum Gasteiger partial charge on any atom is -0.494 e. The van der Waals surface area contributed by atoms with Crippen LogP contribution in [0.15, 0.2) is 36.4 Å². The smallest absolute Gasteiger partial charge is 0.219 e. The maximum absolute atomic E-state index is 11.3. The Morgan fingerprint density at radius 2 is 2.05 bits per heavy atom. The molecule has 0 unspecified atom stereocenters. The predicted octanol–water partition coefficient (Wildman–Crippen LogP) is 3.70. The van der Waals surface area contributed by atoms with Crippen molar-refractivity contribution in [3.63, 3.8) is 0 Å². The summed E-state index contributed by atoms with van der Waals surface area (Å²) in [7, 11) is 0. The Morgan fingerprint density at radius 1 is 1.19 bits per heavy atom. The largest absolute Gasteiger partial charge is 0.494 e. The van der Waals surface area contributed by atoms with E-state index < -0.39 is 0 Å². The first-order valence-corrected chi connectivity index (χ1v) is 7.65. The summed E-state index contributed by atoms with van der Waals surface area (Å²) in [5, 5.41) is 5.34. The average Bonchev–Trinajstić information content (AvgIpc) is 2.52. The standard InChI is InChI=1S/C18H23NO2/c1-3-12-21-16-9-8-14-6-5-7-15(17(14)13-16)10-11-19-18(20)4-2/h5-9,13H,3-4,10-12H2,1-2H3,(H,19,20). The highest BCUT2D eigenvalue weighted by Crippen LogP contribution is 2.24. The van der Waals surface area contributed by atoms with E-state index in [2.05, 4.69) is 42.6 Å². The van der Waals surface area contributed by atoms with Crippen LogP contribution < -0.4 is 10.1 Å². The van der Waals surface area contributed by atoms with Crippen LogP contribution in [0.25, 0.3) is 10.8 Å². The molecule has 2 rings (SSSR count). The van der Waals surface area contributed by atoms with Crippen molar-refractivity contribution in [2.75, 3.05) is 13.2 Å². The van der Waals surface area contributed by atoms with Gasteiger partial charge in [-0.15, -0.1) is 0 Å². The summed E-state index contributed by atoms with van der Waals surface area (Å²) in [6.07, 6.45) is 2.37. The lowest BCUT2D eigenvalue weighted by molar-refractivity contribution is -0.120. The van der Waals surface area contributed by atoms with Crippen LogP contribution in [0.1, 0.15) is 32.3 Å². The molecule has 0 aromatic heterocycles. The zero-order valence-corrected chi connectivity index (χ0v) is 12.8. The molecule has 0 fully saturated rings. The molecule has 3 heteroatoms. The minimum atomic E-state index is 0.0993. The van der Waals surface area contributed by atoms with Crippen molar-refractivity contribution in [3.05, 3.63) is 42.0 Å². The van der Waals surface area contributed by atoms with Crippen LogP contribution in [0, 0.1) is 0 Å². The molecule has 0 saturated heterocycles. The molecule has 1 N–H and O–H groups in total. The second-order valence-electron chi connectivity index (χ2n) is 5.10. The zero-order chi connectivity index (χ0) is 15.1. The number of hydrogen-bond donors (Lipinski definition) is 1. The molecule has 0 aliphatic heterocycles. The molecule has 2 aromatic rings. The van der Waals surface area contributed by atoms with E-state index in [1.54, 1.807) is 0 Å². The minimum absolute atomic E-state index is 0.0993. The van der Waals surface area contributed by atoms with Crippen molar-refractivity contribution in [3.8, 4) is 5.75 Å². The zero-order valence-electron chi connectivity index (χ0n) is 12.8. The van der Waals surface area contributed by atoms with Gasteiger partial charge >= 0.3 is 0 Å². The monoisotopic (exact) mass is 285 g/mol. The van der Waals surface area contributed by atoms with E-state index in [4.69, 9.17) is 4.74 Å². The van der Waals surface area contributed by atoms with Crippen molar-refractivity contribution in [1.29, 1.82) is 0 Å². The third-order valence-corrected chi connectivity index (χ3v) is 3.45. The van der Waals surface area contributed by atoms with Crippen LogP contribution in [-0.4, -0.2) is 19.1 Å². The van der Waals surface area contributed by atoms with Crippen LogP contribution in [0.5, 0.6) is 5.75 Å². The number of carbonyl (C=O) groups is 1. The lowest BCUT2D eigenvalue weighted by Gasteiger charge is -2.10. The fourth-order valence-electron chi connectivity index (χ4n) is 2.31. The van der Waals surface area contributed by atoms with Gasteiger partial charge in [-0.3, -0.25) is 4.79 Å². The van der Waals surface area contributed by atoms with Gasteiger partial charge in [0.15, 0.2) is 0 Å². The number of amides is 1. The van der Waals surface area contributed by atoms with Crippen LogP contribution >= 0.6 is 0 Å². The molecule has 1 amide bonds. The molecule has 0 radical (unpaired) electrons. The Balaban J connectivity index is 2.15. The normalized spacial score (nSPS) is 10.6. The lowest BCUT2D eigenvalue weighted by Crippen LogP contribution is -2.24. The third kappa shape index (κ3) is 4.22. The number of rotatable bonds is 7. The summed E-state index contributed by atoms with van der Waals surface area (Å²) in [4.78, 5) is 11.3. The number of carbonyl (C=O) groups excluding carboxylic acids is 1. The molecule has 2 aromatic carbocycles. The molecule has 0 atom stereocenters. The number of hydrogen-bond acceptors (Lipinski definition) is 2. The van der Waals surface area contributed by atoms with E-state index in [9.17, 15) is 4.79 Å². The topological polar surface area (TPSA) is 38.3 Å². The summed E-state index contributed by atoms with van der Waals surface area (Å²) in [6.45, 7) is 5.37. The second kappa shape index (κ2) is 7.67. The lowest BCUT2D eigenvalue weighted by atomic mass is 10.0. The number of ether oxygens (including phenoxy) is 1. The first kappa shape index (κ1) is 15.4. The second-order valence-corrected chi connectivity index (χ2v) is 5.10. The molecule has 3 nitrogen and oxygen atoms in total. The maximum atomic E-state index is 11.3. The molecule has 21 heavy (non-hydrogen) atoms. The van der Waals surface area contributed by atoms with Gasteiger partial charge in [-0.25, -0.2) is 0 Å². The van der Waals surface area contributed by atoms with Crippen molar-refractivity contribution in [1.82, 2.24) is 5.32 Å². The van der Waals surface area contributed by atoms with Gasteiger partial charge in [0.2, 0.25) is 5.91 Å². The third-order valence-electron chi connectivity index (χ3n) is 3.45. The van der Waals surface area contributed by atoms with Gasteiger partial charge < -0.3 is 10.1 Å². The van der Waals surface area contributed by atoms with Crippen LogP contribution in [0.3, 0.4) is 0 Å². The predicted molar refractivity (Wildman–Crippen MR) is 86.7 cm³/mol. The van der Waals surface area contributed by atoms with Crippen molar-refractivity contribution < 1.29 is 9.53 Å². The highest BCUT2D eigenvalue weighted by molar-refractivity contribution is 5.87. The molecule has 0 aliphatic carbocycles. The molecule has 112 valence electrons. The quantitative estimate of drug-likeness (QED) is 0.842. The van der Waals surface area contributed by atoms with E-state index in [-0.39, 0.29) is 5.91 Å². The molecule has 0 saturated carbocycles. The first-order chi connectivity index (χ1) is 10.2. The Labute approximate surface area is 126 Å². The number of benzene rings is 2. The summed E-state index contributed by atoms with van der Waals surface area (Å²) < 4.78 is 5.71. The van der Waals surface area contributed by atoms with Crippen molar-refractivity contribution in [2.45, 2.75) is 33.1 Å². The summed E-state index contributed by atoms with van der Waals surface area (Å²) in [5.41, 5.74) is 1.24. The first-order valence-electron chi connectivity index (χ1n) is 7.65. The molecular formula is C18H23NO2. The summed E-state index contributed by atoms with van der Waals surface area (Å²) >= 11 is 0. The van der Waals surface area contributed by atoms with Gasteiger partial charge in [-0.2, -0.15) is 0 Å². The molecule has 0 aliphatic rings. The fraction of sp³-hybridized carbons (Fsp3) is 0.389. The SMILES string of the molecule is CCCOc1ccc2cccc(CCNC(=O)CC)c2c1. The number of nitrogens with one attached hydrogen (secondary N) is 1. The molecule has 0 bridgehead atoms. The van der Waals surface area contributed by atoms with Crippen molar-refractivity contribution >= 4 is 16.7 Å². The Bertz CT molecular complexity index is 607. The molecule has 0 heterocycles. The van der Waals surface area contributed by atoms with E-state index in [0.29, 0.717) is 13.0 Å². The maximum Gasteiger partial charge on any atom is 0.219 e. The highest BCUT2D eigenvalue weighted by atomic mass is 16.5. The van der Waals surface area contributed by atoms with E-state index >= 15 is 0 Å². The van der Waals surface area contributed by atoms with Gasteiger partial charge in [-0.1, -0.05) is 38.1 Å². The van der Waals surface area contributed by atoms with Gasteiger partial charge in [0, 0.05) is 13.0 Å². The average molecular weight is 285 g/mol. The fourth-order valence-corrected chi connectivity index (χ4v) is 2.31. The summed E-state index contributed by atoms with van der Waals surface area (Å²) in [5.74, 6) is 1.01. The molecule has 0 spiro atoms.